The van der Waals surface area contributed by atoms with Crippen molar-refractivity contribution in [3.8, 4) is 5.75 Å². The first-order valence-corrected chi connectivity index (χ1v) is 6.57. The lowest BCUT2D eigenvalue weighted by Gasteiger charge is -2.16. The van der Waals surface area contributed by atoms with Crippen molar-refractivity contribution in [2.24, 2.45) is 11.7 Å². The minimum Gasteiger partial charge on any atom is -0.491 e. The second-order valence-corrected chi connectivity index (χ2v) is 4.42. The van der Waals surface area contributed by atoms with E-state index in [1.54, 1.807) is 12.4 Å². The van der Waals surface area contributed by atoms with Gasteiger partial charge in [-0.1, -0.05) is 33.1 Å². The fourth-order valence-electron chi connectivity index (χ4n) is 1.81. The lowest BCUT2D eigenvalue weighted by molar-refractivity contribution is 0.231. The van der Waals surface area contributed by atoms with Gasteiger partial charge in [0.2, 0.25) is 0 Å². The van der Waals surface area contributed by atoms with E-state index in [1.807, 2.05) is 6.07 Å². The molecule has 0 aliphatic heterocycles. The molecule has 0 bridgehead atoms. The summed E-state index contributed by atoms with van der Waals surface area (Å²) in [7, 11) is 0. The van der Waals surface area contributed by atoms with E-state index in [0.717, 1.165) is 24.3 Å². The molecule has 1 atom stereocenters. The van der Waals surface area contributed by atoms with Gasteiger partial charge in [0, 0.05) is 18.3 Å². The molecule has 0 fully saturated rings. The highest BCUT2D eigenvalue weighted by atomic mass is 16.5. The first kappa shape index (κ1) is 14.0. The van der Waals surface area contributed by atoms with Gasteiger partial charge in [0.1, 0.15) is 5.75 Å². The van der Waals surface area contributed by atoms with Crippen LogP contribution in [0.15, 0.2) is 18.5 Å². The molecule has 2 N–H and O–H groups in total. The molecule has 0 saturated heterocycles. The van der Waals surface area contributed by atoms with Crippen LogP contribution < -0.4 is 10.5 Å². The smallest absolute Gasteiger partial charge is 0.142 e. The summed E-state index contributed by atoms with van der Waals surface area (Å²) in [5, 5.41) is 0. The second kappa shape index (κ2) is 8.07. The molecule has 0 saturated carbocycles. The van der Waals surface area contributed by atoms with Gasteiger partial charge in [-0.05, 0) is 18.4 Å². The van der Waals surface area contributed by atoms with Gasteiger partial charge in [-0.15, -0.1) is 0 Å². The van der Waals surface area contributed by atoms with Crippen molar-refractivity contribution in [1.29, 1.82) is 0 Å². The minimum absolute atomic E-state index is 0.504. The van der Waals surface area contributed by atoms with E-state index < -0.39 is 0 Å². The van der Waals surface area contributed by atoms with E-state index in [-0.39, 0.29) is 0 Å². The van der Waals surface area contributed by atoms with Gasteiger partial charge in [0.25, 0.3) is 0 Å². The molecule has 17 heavy (non-hydrogen) atoms. The molecule has 3 heteroatoms. The summed E-state index contributed by atoms with van der Waals surface area (Å²) in [6.45, 7) is 5.72. The van der Waals surface area contributed by atoms with E-state index in [0.29, 0.717) is 12.5 Å². The number of hydrogen-bond acceptors (Lipinski definition) is 3. The topological polar surface area (TPSA) is 48.1 Å². The normalized spacial score (nSPS) is 12.4. The number of rotatable bonds is 8. The Morgan fingerprint density at radius 1 is 1.41 bits per heavy atom. The van der Waals surface area contributed by atoms with Gasteiger partial charge in [-0.3, -0.25) is 4.98 Å². The maximum atomic E-state index is 5.84. The lowest BCUT2D eigenvalue weighted by atomic mass is 10.0. The monoisotopic (exact) mass is 236 g/mol. The van der Waals surface area contributed by atoms with E-state index >= 15 is 0 Å². The number of aromatic nitrogens is 1. The first-order chi connectivity index (χ1) is 8.31. The molecule has 0 aliphatic rings. The van der Waals surface area contributed by atoms with Gasteiger partial charge in [0.05, 0.1) is 12.8 Å². The predicted molar refractivity (Wildman–Crippen MR) is 70.9 cm³/mol. The van der Waals surface area contributed by atoms with E-state index in [9.17, 15) is 0 Å². The first-order valence-electron chi connectivity index (χ1n) is 6.57. The zero-order chi connectivity index (χ0) is 12.5. The molecule has 0 aromatic carbocycles. The quantitative estimate of drug-likeness (QED) is 0.754. The summed E-state index contributed by atoms with van der Waals surface area (Å²) in [5.41, 5.74) is 6.69. The number of hydrogen-bond donors (Lipinski definition) is 1. The van der Waals surface area contributed by atoms with Gasteiger partial charge >= 0.3 is 0 Å². The molecule has 3 nitrogen and oxygen atoms in total. The van der Waals surface area contributed by atoms with Crippen LogP contribution in [-0.2, 0) is 6.54 Å². The van der Waals surface area contributed by atoms with Crippen LogP contribution in [0.3, 0.4) is 0 Å². The molecule has 0 amide bonds. The van der Waals surface area contributed by atoms with E-state index in [4.69, 9.17) is 10.5 Å². The van der Waals surface area contributed by atoms with Gasteiger partial charge in [0.15, 0.2) is 0 Å². The van der Waals surface area contributed by atoms with E-state index in [1.165, 1.54) is 19.3 Å². The minimum atomic E-state index is 0.504. The molecule has 1 aromatic rings. The van der Waals surface area contributed by atoms with Crippen molar-refractivity contribution < 1.29 is 4.74 Å². The van der Waals surface area contributed by atoms with Crippen molar-refractivity contribution in [2.75, 3.05) is 6.61 Å². The van der Waals surface area contributed by atoms with Gasteiger partial charge < -0.3 is 10.5 Å². The third-order valence-electron chi connectivity index (χ3n) is 3.11. The standard InChI is InChI=1S/C14H24N2O/c1-3-5-6-12(4-2)11-17-14-10-16-8-7-13(14)9-15/h7-8,10,12H,3-6,9,11,15H2,1-2H3. The van der Waals surface area contributed by atoms with Crippen LogP contribution in [0.25, 0.3) is 0 Å². The highest BCUT2D eigenvalue weighted by Crippen LogP contribution is 2.19. The Balaban J connectivity index is 2.47. The molecule has 0 spiro atoms. The zero-order valence-electron chi connectivity index (χ0n) is 11.0. The second-order valence-electron chi connectivity index (χ2n) is 4.42. The molecule has 1 aromatic heterocycles. The van der Waals surface area contributed by atoms with Crippen molar-refractivity contribution in [1.82, 2.24) is 4.98 Å². The lowest BCUT2D eigenvalue weighted by Crippen LogP contribution is -2.13. The summed E-state index contributed by atoms with van der Waals surface area (Å²) in [4.78, 5) is 4.08. The Kier molecular flexibility index (Phi) is 6.63. The van der Waals surface area contributed by atoms with Crippen molar-refractivity contribution in [2.45, 2.75) is 46.1 Å². The summed E-state index contributed by atoms with van der Waals surface area (Å²) in [5.74, 6) is 1.48. The third kappa shape index (κ3) is 4.73. The Morgan fingerprint density at radius 2 is 2.24 bits per heavy atom. The molecule has 0 radical (unpaired) electrons. The number of ether oxygens (including phenoxy) is 1. The fourth-order valence-corrected chi connectivity index (χ4v) is 1.81. The van der Waals surface area contributed by atoms with Crippen LogP contribution >= 0.6 is 0 Å². The Bertz CT molecular complexity index is 315. The van der Waals surface area contributed by atoms with E-state index in [2.05, 4.69) is 18.8 Å². The maximum Gasteiger partial charge on any atom is 0.142 e. The summed E-state index contributed by atoms with van der Waals surface area (Å²) in [6.07, 6.45) is 8.44. The Labute approximate surface area is 104 Å². The van der Waals surface area contributed by atoms with Crippen molar-refractivity contribution in [3.63, 3.8) is 0 Å². The largest absolute Gasteiger partial charge is 0.491 e. The zero-order valence-corrected chi connectivity index (χ0v) is 11.0. The van der Waals surface area contributed by atoms with Crippen LogP contribution in [0.4, 0.5) is 0 Å². The number of unbranched alkanes of at least 4 members (excludes halogenated alkanes) is 1. The third-order valence-corrected chi connectivity index (χ3v) is 3.11. The van der Waals surface area contributed by atoms with Crippen molar-refractivity contribution in [3.05, 3.63) is 24.0 Å². The van der Waals surface area contributed by atoms with Gasteiger partial charge in [-0.2, -0.15) is 0 Å². The molecule has 96 valence electrons. The molecule has 1 heterocycles. The Morgan fingerprint density at radius 3 is 2.88 bits per heavy atom. The van der Waals surface area contributed by atoms with Crippen LogP contribution in [0.2, 0.25) is 0 Å². The highest BCUT2D eigenvalue weighted by Gasteiger charge is 2.08. The van der Waals surface area contributed by atoms with Crippen molar-refractivity contribution >= 4 is 0 Å². The summed E-state index contributed by atoms with van der Waals surface area (Å²) >= 11 is 0. The SMILES string of the molecule is CCCCC(CC)COc1cnccc1CN. The predicted octanol–water partition coefficient (Wildman–Crippen LogP) is 3.14. The van der Waals surface area contributed by atoms with Gasteiger partial charge in [-0.25, -0.2) is 0 Å². The number of nitrogens with zero attached hydrogens (tertiary/aromatic N) is 1. The fraction of sp³-hybridized carbons (Fsp3) is 0.643. The molecule has 1 rings (SSSR count). The molecule has 1 unspecified atom stereocenters. The molecule has 0 aliphatic carbocycles. The number of pyridine rings is 1. The summed E-state index contributed by atoms with van der Waals surface area (Å²) < 4.78 is 5.84. The average molecular weight is 236 g/mol. The molecular formula is C14H24N2O. The van der Waals surface area contributed by atoms with Crippen LogP contribution in [0.5, 0.6) is 5.75 Å². The van der Waals surface area contributed by atoms with Crippen LogP contribution in [0.1, 0.15) is 45.1 Å². The average Bonchev–Trinajstić information content (AvgIpc) is 2.39. The Hall–Kier alpha value is -1.09. The highest BCUT2D eigenvalue weighted by molar-refractivity contribution is 5.29. The molecular weight excluding hydrogens is 212 g/mol. The van der Waals surface area contributed by atoms with Crippen LogP contribution in [0, 0.1) is 5.92 Å². The van der Waals surface area contributed by atoms with Crippen LogP contribution in [-0.4, -0.2) is 11.6 Å². The summed E-state index contributed by atoms with van der Waals surface area (Å²) in [6, 6.07) is 1.92. The maximum absolute atomic E-state index is 5.84. The number of nitrogens with two attached hydrogens (primary N) is 1.